The highest BCUT2D eigenvalue weighted by Crippen LogP contribution is 2.30. The first kappa shape index (κ1) is 35.7. The molecule has 0 radical (unpaired) electrons. The molecule has 4 aromatic carbocycles. The number of para-hydroxylation sites is 1. The van der Waals surface area contributed by atoms with Crippen molar-refractivity contribution in [1.29, 1.82) is 0 Å². The second-order valence-electron chi connectivity index (χ2n) is 10.7. The number of urea groups is 1. The van der Waals surface area contributed by atoms with Crippen molar-refractivity contribution in [2.45, 2.75) is 17.9 Å². The molecule has 5 rings (SSSR count). The summed E-state index contributed by atoms with van der Waals surface area (Å²) in [6.45, 7) is 3.22. The van der Waals surface area contributed by atoms with E-state index in [1.54, 1.807) is 41.3 Å². The summed E-state index contributed by atoms with van der Waals surface area (Å²) >= 11 is 12.2. The molecule has 1 saturated heterocycles. The first-order valence-electron chi connectivity index (χ1n) is 15.1. The minimum Gasteiger partial charge on any atom is -0.388 e. The summed E-state index contributed by atoms with van der Waals surface area (Å²) in [7, 11) is -1.79. The van der Waals surface area contributed by atoms with Crippen LogP contribution in [0.5, 0.6) is 0 Å². The molecule has 1 heterocycles. The zero-order chi connectivity index (χ0) is 33.8. The lowest BCUT2D eigenvalue weighted by molar-refractivity contribution is -0.258. The number of nitrogens with one attached hydrogen (secondary N) is 2. The molecule has 0 unspecified atom stereocenters. The van der Waals surface area contributed by atoms with Gasteiger partial charge in [-0.2, -0.15) is 4.31 Å². The number of piperazine rings is 1. The number of halogens is 2. The Balaban J connectivity index is 0.000000215. The number of rotatable bonds is 10. The number of carbonyl (C=O) groups is 2. The number of hydrogen-bond acceptors (Lipinski definition) is 6. The minimum absolute atomic E-state index is 0.148. The summed E-state index contributed by atoms with van der Waals surface area (Å²) in [4.78, 5) is 27.4. The summed E-state index contributed by atoms with van der Waals surface area (Å²) < 4.78 is 27.0. The second kappa shape index (κ2) is 17.1. The van der Waals surface area contributed by atoms with E-state index in [1.165, 1.54) is 10.4 Å². The van der Waals surface area contributed by atoms with Gasteiger partial charge in [-0.3, -0.25) is 0 Å². The highest BCUT2D eigenvalue weighted by molar-refractivity contribution is 7.89. The van der Waals surface area contributed by atoms with E-state index in [4.69, 9.17) is 23.2 Å². The number of anilines is 3. The number of carbonyl (C=O) groups excluding carboxylic acids is 2. The van der Waals surface area contributed by atoms with Gasteiger partial charge in [0.2, 0.25) is 10.0 Å². The fourth-order valence-corrected chi connectivity index (χ4v) is 7.06. The minimum atomic E-state index is -3.69. The van der Waals surface area contributed by atoms with Gasteiger partial charge in [-0.05, 0) is 48.0 Å². The molecule has 0 spiro atoms. The Morgan fingerprint density at radius 2 is 1.49 bits per heavy atom. The highest BCUT2D eigenvalue weighted by atomic mass is 35.5. The Morgan fingerprint density at radius 1 is 0.872 bits per heavy atom. The van der Waals surface area contributed by atoms with E-state index in [0.29, 0.717) is 34.5 Å². The lowest BCUT2D eigenvalue weighted by atomic mass is 10.2. The van der Waals surface area contributed by atoms with Gasteiger partial charge in [-0.1, -0.05) is 71.7 Å². The Kier molecular flexibility index (Phi) is 13.0. The number of quaternary nitrogens is 1. The van der Waals surface area contributed by atoms with Crippen molar-refractivity contribution >= 4 is 68.3 Å². The van der Waals surface area contributed by atoms with Gasteiger partial charge in [0.1, 0.15) is 16.9 Å². The summed E-state index contributed by atoms with van der Waals surface area (Å²) in [5, 5.41) is 6.79. The molecular formula is C34H39Cl2N6O4S+. The van der Waals surface area contributed by atoms with Crippen molar-refractivity contribution in [3.05, 3.63) is 113 Å². The maximum Gasteiger partial charge on any atom is 0.322 e. The average molecular weight is 699 g/mol. The molecule has 4 aromatic rings. The van der Waals surface area contributed by atoms with Gasteiger partial charge in [0.25, 0.3) is 0 Å². The number of hydrogen-bond donors (Lipinski definition) is 3. The molecule has 0 bridgehead atoms. The van der Waals surface area contributed by atoms with Crippen LogP contribution in [-0.4, -0.2) is 69.7 Å². The summed E-state index contributed by atoms with van der Waals surface area (Å²) in [6.07, 6.45) is 0.884. The van der Waals surface area contributed by atoms with Crippen molar-refractivity contribution in [2.24, 2.45) is 0 Å². The molecule has 10 nitrogen and oxygen atoms in total. The van der Waals surface area contributed by atoms with Gasteiger partial charge in [-0.25, -0.2) is 13.2 Å². The maximum atomic E-state index is 12.8. The number of sulfonamides is 1. The van der Waals surface area contributed by atoms with E-state index < -0.39 is 10.0 Å². The van der Waals surface area contributed by atoms with Crippen LogP contribution in [0.2, 0.25) is 10.0 Å². The van der Waals surface area contributed by atoms with Crippen LogP contribution in [0.25, 0.3) is 0 Å². The fraction of sp³-hybridized carbons (Fsp3) is 0.235. The van der Waals surface area contributed by atoms with E-state index in [9.17, 15) is 18.0 Å². The van der Waals surface area contributed by atoms with Crippen molar-refractivity contribution in [1.82, 2.24) is 9.21 Å². The van der Waals surface area contributed by atoms with E-state index in [1.807, 2.05) is 49.5 Å². The molecule has 0 aliphatic carbocycles. The number of benzene rings is 4. The maximum absolute atomic E-state index is 12.8. The van der Waals surface area contributed by atoms with Gasteiger partial charge in [0, 0.05) is 70.2 Å². The van der Waals surface area contributed by atoms with Crippen LogP contribution < -0.4 is 21.3 Å². The molecule has 1 fully saturated rings. The molecule has 47 heavy (non-hydrogen) atoms. The van der Waals surface area contributed by atoms with Gasteiger partial charge >= 0.3 is 6.03 Å². The van der Waals surface area contributed by atoms with E-state index >= 15 is 0 Å². The normalized spacial score (nSPS) is 13.0. The molecule has 0 saturated carbocycles. The quantitative estimate of drug-likeness (QED) is 0.182. The molecule has 5 N–H and O–H groups in total. The summed E-state index contributed by atoms with van der Waals surface area (Å²) in [6, 6.07) is 29.2. The number of amides is 2. The molecule has 0 atom stereocenters. The Hall–Kier alpha value is -4.13. The molecule has 13 heteroatoms. The van der Waals surface area contributed by atoms with E-state index in [0.717, 1.165) is 36.3 Å². The first-order chi connectivity index (χ1) is 22.6. The molecule has 1 aliphatic heterocycles. The van der Waals surface area contributed by atoms with Crippen LogP contribution in [0, 0.1) is 0 Å². The Labute approximate surface area is 286 Å². The van der Waals surface area contributed by atoms with Crippen LogP contribution in [0.15, 0.2) is 102 Å². The third kappa shape index (κ3) is 9.69. The third-order valence-corrected chi connectivity index (χ3v) is 10.1. The lowest BCUT2D eigenvalue weighted by Crippen LogP contribution is -2.50. The van der Waals surface area contributed by atoms with E-state index in [2.05, 4.69) is 33.4 Å². The van der Waals surface area contributed by atoms with Gasteiger partial charge < -0.3 is 31.0 Å². The SMILES string of the molecule is CNc1ccc(N2CCN(C(=O)Nc3c(Cl)cccc3Cl)CC2)cc1.[NH3+]c1ccccc1S(=O)(=O)N(CCC=O)Cc1ccccc1. The number of nitrogens with zero attached hydrogens (tertiary/aromatic N) is 3. The molecule has 2 amide bonds. The topological polar surface area (TPSA) is 130 Å². The van der Waals surface area contributed by atoms with Gasteiger partial charge in [0.05, 0.1) is 15.7 Å². The highest BCUT2D eigenvalue weighted by Gasteiger charge is 2.27. The monoisotopic (exact) mass is 697 g/mol. The zero-order valence-electron chi connectivity index (χ0n) is 26.1. The third-order valence-electron chi connectivity index (χ3n) is 7.57. The van der Waals surface area contributed by atoms with Crippen LogP contribution in [-0.2, 0) is 21.4 Å². The van der Waals surface area contributed by atoms with Crippen molar-refractivity contribution in [3.63, 3.8) is 0 Å². The Bertz CT molecular complexity index is 1720. The summed E-state index contributed by atoms with van der Waals surface area (Å²) in [5.74, 6) is 0. The standard InChI is InChI=1S/C18H20Cl2N4O.C16H18N2O3S/c1-21-13-5-7-14(8-6-13)23-9-11-24(12-10-23)18(25)22-17-15(19)3-2-4-16(17)20;17-15-9-4-5-10-16(15)22(20,21)18(11-6-12-19)13-14-7-2-1-3-8-14/h2-8,21H,9-12H2,1H3,(H,22,25);1-5,7-10,12H,6,11,13,17H2/p+1. The van der Waals surface area contributed by atoms with Crippen LogP contribution >= 0.6 is 23.2 Å². The molecule has 1 aliphatic rings. The summed E-state index contributed by atoms with van der Waals surface area (Å²) in [5.41, 5.74) is 7.81. The van der Waals surface area contributed by atoms with Gasteiger partial charge in [-0.15, -0.1) is 0 Å². The molecule has 0 aromatic heterocycles. The van der Waals surface area contributed by atoms with E-state index in [-0.39, 0.29) is 30.4 Å². The first-order valence-corrected chi connectivity index (χ1v) is 17.2. The van der Waals surface area contributed by atoms with Crippen molar-refractivity contribution in [3.8, 4) is 0 Å². The largest absolute Gasteiger partial charge is 0.388 e. The van der Waals surface area contributed by atoms with Crippen molar-refractivity contribution < 1.29 is 23.7 Å². The average Bonchev–Trinajstić information content (AvgIpc) is 3.09. The van der Waals surface area contributed by atoms with Crippen LogP contribution in [0.3, 0.4) is 0 Å². The van der Waals surface area contributed by atoms with Crippen LogP contribution in [0.4, 0.5) is 27.5 Å². The Morgan fingerprint density at radius 3 is 2.09 bits per heavy atom. The second-order valence-corrected chi connectivity index (χ2v) is 13.4. The molecular weight excluding hydrogens is 659 g/mol. The predicted molar refractivity (Wildman–Crippen MR) is 189 cm³/mol. The van der Waals surface area contributed by atoms with Gasteiger partial charge in [0.15, 0.2) is 0 Å². The zero-order valence-corrected chi connectivity index (χ0v) is 28.4. The van der Waals surface area contributed by atoms with Crippen molar-refractivity contribution in [2.75, 3.05) is 55.3 Å². The van der Waals surface area contributed by atoms with Crippen LogP contribution in [0.1, 0.15) is 12.0 Å². The smallest absolute Gasteiger partial charge is 0.322 e. The molecule has 248 valence electrons. The number of aldehydes is 1. The lowest BCUT2D eigenvalue weighted by Gasteiger charge is -2.36. The fourth-order valence-electron chi connectivity index (χ4n) is 4.97. The predicted octanol–water partition coefficient (Wildman–Crippen LogP) is 5.73.